The first-order valence-corrected chi connectivity index (χ1v) is 14.9. The molecule has 8 nitrogen and oxygen atoms in total. The van der Waals surface area contributed by atoms with Crippen LogP contribution in [0.5, 0.6) is 23.0 Å². The maximum absolute atomic E-state index is 14.1. The zero-order valence-corrected chi connectivity index (χ0v) is 25.2. The van der Waals surface area contributed by atoms with Crippen LogP contribution in [0.25, 0.3) is 33.0 Å². The smallest absolute Gasteiger partial charge is 0.229 e. The van der Waals surface area contributed by atoms with E-state index in [1.54, 1.807) is 0 Å². The van der Waals surface area contributed by atoms with E-state index in [1.165, 1.54) is 13.8 Å². The minimum Gasteiger partial charge on any atom is -0.507 e. The highest BCUT2D eigenvalue weighted by Gasteiger charge is 2.30. The van der Waals surface area contributed by atoms with Crippen LogP contribution in [0.2, 0.25) is 0 Å². The molecule has 8 heteroatoms. The lowest BCUT2D eigenvalue weighted by atomic mass is 9.83. The van der Waals surface area contributed by atoms with Gasteiger partial charge in [-0.05, 0) is 56.7 Å². The van der Waals surface area contributed by atoms with Crippen LogP contribution >= 0.6 is 0 Å². The maximum atomic E-state index is 14.1. The Balaban J connectivity index is 1.58. The number of fused-ring (bicyclic) bond motifs is 2. The Hall–Kier alpha value is -5.76. The van der Waals surface area contributed by atoms with Crippen molar-refractivity contribution in [2.24, 2.45) is 0 Å². The van der Waals surface area contributed by atoms with Gasteiger partial charge in [0.25, 0.3) is 0 Å². The summed E-state index contributed by atoms with van der Waals surface area (Å²) in [5.41, 5.74) is -1.90. The van der Waals surface area contributed by atoms with E-state index in [1.807, 2.05) is 60.7 Å². The number of benzene rings is 6. The molecule has 230 valence electrons. The van der Waals surface area contributed by atoms with Crippen molar-refractivity contribution in [2.45, 2.75) is 39.5 Å². The zero-order chi connectivity index (χ0) is 32.9. The number of hydrogen-bond donors (Lipinski definition) is 4. The molecule has 0 heterocycles. The van der Waals surface area contributed by atoms with E-state index >= 15 is 0 Å². The molecule has 6 rings (SSSR count). The third kappa shape index (κ3) is 4.88. The van der Waals surface area contributed by atoms with Crippen molar-refractivity contribution in [3.05, 3.63) is 147 Å². The van der Waals surface area contributed by atoms with Crippen LogP contribution in [0, 0.1) is 13.8 Å². The van der Waals surface area contributed by atoms with Crippen molar-refractivity contribution in [3.63, 3.8) is 0 Å². The molecule has 0 aliphatic heterocycles. The highest BCUT2D eigenvalue weighted by atomic mass is 16.3. The van der Waals surface area contributed by atoms with Crippen molar-refractivity contribution in [1.82, 2.24) is 0 Å². The normalized spacial score (nSPS) is 11.4. The van der Waals surface area contributed by atoms with Crippen LogP contribution in [0.4, 0.5) is 0 Å². The Morgan fingerprint density at radius 3 is 1.67 bits per heavy atom. The van der Waals surface area contributed by atoms with Crippen LogP contribution in [0.3, 0.4) is 0 Å². The van der Waals surface area contributed by atoms with Gasteiger partial charge in [0.1, 0.15) is 11.5 Å². The largest absolute Gasteiger partial charge is 0.507 e. The van der Waals surface area contributed by atoms with Crippen LogP contribution in [0.1, 0.15) is 33.4 Å². The second kappa shape index (κ2) is 11.6. The molecule has 0 bridgehead atoms. The highest BCUT2D eigenvalue weighted by Crippen LogP contribution is 2.50. The van der Waals surface area contributed by atoms with Crippen LogP contribution in [-0.4, -0.2) is 20.4 Å². The summed E-state index contributed by atoms with van der Waals surface area (Å²) >= 11 is 0. The summed E-state index contributed by atoms with van der Waals surface area (Å²) in [6, 6.07) is 20.6. The number of phenols is 4. The molecule has 0 fully saturated rings. The fourth-order valence-electron chi connectivity index (χ4n) is 6.44. The number of phenolic OH excluding ortho intramolecular Hbond substituents is 4. The molecule has 0 radical (unpaired) electrons. The minimum absolute atomic E-state index is 0.0335. The third-order valence-electron chi connectivity index (χ3n) is 8.86. The Morgan fingerprint density at radius 1 is 0.522 bits per heavy atom. The van der Waals surface area contributed by atoms with Crippen LogP contribution < -0.4 is 21.7 Å². The molecule has 0 saturated carbocycles. The van der Waals surface area contributed by atoms with Gasteiger partial charge in [0.2, 0.25) is 10.9 Å². The summed E-state index contributed by atoms with van der Waals surface area (Å²) in [6.07, 6.45) is 1.09. The fourth-order valence-corrected chi connectivity index (χ4v) is 6.44. The molecule has 4 aromatic rings. The quantitative estimate of drug-likeness (QED) is 0.112. The molecular formula is C38H30O8. The molecule has 46 heavy (non-hydrogen) atoms. The predicted octanol–water partition coefficient (Wildman–Crippen LogP) is 4.94. The standard InChI is InChI=1S/C38H30O8/c1-19-29(37(45)25-17-27(39)35(43)23(31(25)33(19)41)15-13-21-9-5-3-6-10-21)30-20(2)34(42)32-24(16-14-22-11-7-4-8-12-22)36(44)28(40)18-26(32)38(30)46/h3-12,17-18,39,41,43,45H,13-16H2,1-2H3. The van der Waals surface area contributed by atoms with Gasteiger partial charge in [0, 0.05) is 61.3 Å². The summed E-state index contributed by atoms with van der Waals surface area (Å²) in [5, 5.41) is 44.7. The van der Waals surface area contributed by atoms with Gasteiger partial charge in [-0.25, -0.2) is 0 Å². The molecule has 2 aliphatic rings. The molecule has 4 aromatic carbocycles. The summed E-state index contributed by atoms with van der Waals surface area (Å²) < 4.78 is 0. The van der Waals surface area contributed by atoms with E-state index in [-0.39, 0.29) is 73.9 Å². The molecule has 0 spiro atoms. The Morgan fingerprint density at radius 2 is 1.09 bits per heavy atom. The summed E-state index contributed by atoms with van der Waals surface area (Å²) in [7, 11) is 0. The van der Waals surface area contributed by atoms with Crippen molar-refractivity contribution in [3.8, 4) is 45.3 Å². The SMILES string of the molecule is Cc1c(-c2c(C)c(=O)c3c(CCc4ccccc4)c(=O)c(=O)cc-3c2=O)c(O)c2cc(O)c(O)c(CCc3ccccc3)c2c1O. The van der Waals surface area contributed by atoms with E-state index in [4.69, 9.17) is 0 Å². The van der Waals surface area contributed by atoms with Gasteiger partial charge in [-0.3, -0.25) is 19.2 Å². The van der Waals surface area contributed by atoms with Crippen molar-refractivity contribution in [1.29, 1.82) is 0 Å². The minimum atomic E-state index is -0.923. The van der Waals surface area contributed by atoms with Crippen molar-refractivity contribution in [2.75, 3.05) is 0 Å². The third-order valence-corrected chi connectivity index (χ3v) is 8.86. The Kier molecular flexibility index (Phi) is 7.65. The van der Waals surface area contributed by atoms with Gasteiger partial charge in [-0.15, -0.1) is 0 Å². The summed E-state index contributed by atoms with van der Waals surface area (Å²) in [6.45, 7) is 2.86. The number of aryl methyl sites for hydroxylation is 3. The average molecular weight is 615 g/mol. The van der Waals surface area contributed by atoms with E-state index in [0.29, 0.717) is 12.8 Å². The van der Waals surface area contributed by atoms with Crippen LogP contribution in [0.15, 0.2) is 92.0 Å². The van der Waals surface area contributed by atoms with E-state index < -0.39 is 39.0 Å². The molecule has 0 unspecified atom stereocenters. The fraction of sp³-hybridized carbons (Fsp3) is 0.158. The number of hydrogen-bond acceptors (Lipinski definition) is 8. The zero-order valence-electron chi connectivity index (χ0n) is 25.2. The molecule has 0 aromatic heterocycles. The molecular weight excluding hydrogens is 584 g/mol. The van der Waals surface area contributed by atoms with Gasteiger partial charge < -0.3 is 20.4 Å². The summed E-state index contributed by atoms with van der Waals surface area (Å²) in [5.74, 6) is -1.83. The maximum Gasteiger partial charge on any atom is 0.229 e. The summed E-state index contributed by atoms with van der Waals surface area (Å²) in [4.78, 5) is 53.8. The monoisotopic (exact) mass is 614 g/mol. The second-order valence-corrected chi connectivity index (χ2v) is 11.6. The average Bonchev–Trinajstić information content (AvgIpc) is 3.06. The molecule has 4 N–H and O–H groups in total. The molecule has 2 aliphatic carbocycles. The van der Waals surface area contributed by atoms with Crippen LogP contribution in [-0.2, 0) is 25.7 Å². The Labute approximate surface area is 262 Å². The lowest BCUT2D eigenvalue weighted by Crippen LogP contribution is -2.34. The highest BCUT2D eigenvalue weighted by molar-refractivity contribution is 6.05. The first-order chi connectivity index (χ1) is 22.0. The van der Waals surface area contributed by atoms with E-state index in [0.717, 1.165) is 23.3 Å². The lowest BCUT2D eigenvalue weighted by molar-refractivity contribution is 0.399. The molecule has 0 saturated heterocycles. The van der Waals surface area contributed by atoms with Gasteiger partial charge >= 0.3 is 0 Å². The van der Waals surface area contributed by atoms with Gasteiger partial charge in [-0.1, -0.05) is 60.7 Å². The first-order valence-electron chi connectivity index (χ1n) is 14.9. The van der Waals surface area contributed by atoms with Gasteiger partial charge in [0.05, 0.1) is 0 Å². The first kappa shape index (κ1) is 30.3. The van der Waals surface area contributed by atoms with E-state index in [9.17, 15) is 39.6 Å². The van der Waals surface area contributed by atoms with Crippen molar-refractivity contribution < 1.29 is 20.4 Å². The number of rotatable bonds is 7. The van der Waals surface area contributed by atoms with Gasteiger partial charge in [0.15, 0.2) is 22.4 Å². The molecule has 0 atom stereocenters. The Bertz CT molecular complexity index is 2340. The van der Waals surface area contributed by atoms with E-state index in [2.05, 4.69) is 0 Å². The molecule has 0 amide bonds. The lowest BCUT2D eigenvalue weighted by Gasteiger charge is -2.20. The second-order valence-electron chi connectivity index (χ2n) is 11.6. The van der Waals surface area contributed by atoms with Gasteiger partial charge in [-0.2, -0.15) is 0 Å². The van der Waals surface area contributed by atoms with Crippen molar-refractivity contribution >= 4 is 10.8 Å². The predicted molar refractivity (Wildman–Crippen MR) is 177 cm³/mol. The number of aromatic hydroxyl groups is 4. The topological polar surface area (TPSA) is 149 Å².